The topological polar surface area (TPSA) is 75.9 Å². The third kappa shape index (κ3) is 5.09. The van der Waals surface area contributed by atoms with E-state index in [0.29, 0.717) is 19.6 Å². The van der Waals surface area contributed by atoms with Gasteiger partial charge in [-0.3, -0.25) is 9.59 Å². The van der Waals surface area contributed by atoms with Gasteiger partial charge >= 0.3 is 0 Å². The van der Waals surface area contributed by atoms with Gasteiger partial charge in [-0.2, -0.15) is 0 Å². The zero-order valence-electron chi connectivity index (χ0n) is 12.8. The lowest BCUT2D eigenvalue weighted by Crippen LogP contribution is -2.43. The molecule has 0 radical (unpaired) electrons. The van der Waals surface area contributed by atoms with Crippen LogP contribution < -0.4 is 5.73 Å². The number of hydrogen-bond acceptors (Lipinski definition) is 4. The van der Waals surface area contributed by atoms with Crippen molar-refractivity contribution < 1.29 is 14.3 Å². The number of methoxy groups -OCH3 is 1. The molecule has 0 aromatic heterocycles. The lowest BCUT2D eigenvalue weighted by Gasteiger charge is -2.25. The summed E-state index contributed by atoms with van der Waals surface area (Å²) in [5.41, 5.74) is 6.01. The second kappa shape index (κ2) is 8.21. The average Bonchev–Trinajstić information content (AvgIpc) is 2.79. The minimum Gasteiger partial charge on any atom is -0.383 e. The van der Waals surface area contributed by atoms with Gasteiger partial charge in [0.25, 0.3) is 0 Å². The second-order valence-electron chi connectivity index (χ2n) is 5.66. The summed E-state index contributed by atoms with van der Waals surface area (Å²) in [7, 11) is 4.96. The molecule has 2 N–H and O–H groups in total. The highest BCUT2D eigenvalue weighted by Gasteiger charge is 2.28. The Hall–Kier alpha value is -1.14. The Balaban J connectivity index is 2.56. The van der Waals surface area contributed by atoms with Gasteiger partial charge < -0.3 is 20.3 Å². The van der Waals surface area contributed by atoms with Crippen LogP contribution >= 0.6 is 0 Å². The van der Waals surface area contributed by atoms with Gasteiger partial charge in [0.05, 0.1) is 13.2 Å². The van der Waals surface area contributed by atoms with Crippen LogP contribution in [0, 0.1) is 5.92 Å². The Morgan fingerprint density at radius 3 is 2.45 bits per heavy atom. The smallest absolute Gasteiger partial charge is 0.241 e. The van der Waals surface area contributed by atoms with Gasteiger partial charge in [0.1, 0.15) is 0 Å². The zero-order valence-corrected chi connectivity index (χ0v) is 12.8. The number of nitrogens with two attached hydrogens (primary N) is 1. The Kier molecular flexibility index (Phi) is 6.95. The van der Waals surface area contributed by atoms with Crippen LogP contribution in [0.25, 0.3) is 0 Å². The van der Waals surface area contributed by atoms with Gasteiger partial charge in [-0.25, -0.2) is 0 Å². The normalized spacial score (nSPS) is 21.8. The lowest BCUT2D eigenvalue weighted by molar-refractivity contribution is -0.140. The van der Waals surface area contributed by atoms with Crippen molar-refractivity contribution in [2.75, 3.05) is 40.9 Å². The van der Waals surface area contributed by atoms with E-state index in [2.05, 4.69) is 0 Å². The maximum atomic E-state index is 12.4. The predicted octanol–water partition coefficient (Wildman–Crippen LogP) is 0.0671. The quantitative estimate of drug-likeness (QED) is 0.718. The molecule has 1 aliphatic carbocycles. The van der Waals surface area contributed by atoms with Gasteiger partial charge in [0, 0.05) is 40.2 Å². The number of carbonyl (C=O) groups excluding carboxylic acids is 2. The van der Waals surface area contributed by atoms with Crippen molar-refractivity contribution in [3.05, 3.63) is 0 Å². The molecule has 6 heteroatoms. The Labute approximate surface area is 121 Å². The van der Waals surface area contributed by atoms with E-state index in [1.165, 1.54) is 4.90 Å². The van der Waals surface area contributed by atoms with E-state index in [9.17, 15) is 9.59 Å². The molecule has 20 heavy (non-hydrogen) atoms. The molecule has 0 spiro atoms. The molecule has 0 aromatic rings. The van der Waals surface area contributed by atoms with Gasteiger partial charge in [0.15, 0.2) is 0 Å². The molecule has 0 saturated heterocycles. The zero-order chi connectivity index (χ0) is 15.1. The van der Waals surface area contributed by atoms with E-state index in [1.54, 1.807) is 26.1 Å². The standard InChI is InChI=1S/C14H27N3O3/c1-16(2)14(19)10-17(7-8-20-3)13(18)9-11-5-4-6-12(11)15/h11-12H,4-10,15H2,1-3H3/t11-,12+/m0/s1. The maximum Gasteiger partial charge on any atom is 0.241 e. The first-order valence-electron chi connectivity index (χ1n) is 7.18. The van der Waals surface area contributed by atoms with Crippen molar-refractivity contribution in [3.63, 3.8) is 0 Å². The molecule has 0 bridgehead atoms. The first-order valence-corrected chi connectivity index (χ1v) is 7.18. The van der Waals surface area contributed by atoms with Gasteiger partial charge in [0.2, 0.25) is 11.8 Å². The molecule has 1 saturated carbocycles. The van der Waals surface area contributed by atoms with Gasteiger partial charge in [-0.05, 0) is 18.8 Å². The number of hydrogen-bond donors (Lipinski definition) is 1. The number of likely N-dealkylation sites (N-methyl/N-ethyl adjacent to an activating group) is 1. The number of rotatable bonds is 7. The third-order valence-corrected chi connectivity index (χ3v) is 3.90. The summed E-state index contributed by atoms with van der Waals surface area (Å²) in [4.78, 5) is 27.2. The summed E-state index contributed by atoms with van der Waals surface area (Å²) in [6.45, 7) is 0.983. The van der Waals surface area contributed by atoms with Crippen LogP contribution in [0.2, 0.25) is 0 Å². The van der Waals surface area contributed by atoms with Crippen molar-refractivity contribution >= 4 is 11.8 Å². The average molecular weight is 285 g/mol. The fourth-order valence-electron chi connectivity index (χ4n) is 2.47. The summed E-state index contributed by atoms with van der Waals surface area (Å²) < 4.78 is 5.01. The predicted molar refractivity (Wildman–Crippen MR) is 77.1 cm³/mol. The Morgan fingerprint density at radius 2 is 1.95 bits per heavy atom. The van der Waals surface area contributed by atoms with Crippen LogP contribution in [0.3, 0.4) is 0 Å². The second-order valence-corrected chi connectivity index (χ2v) is 5.66. The van der Waals surface area contributed by atoms with E-state index in [-0.39, 0.29) is 30.3 Å². The van der Waals surface area contributed by atoms with E-state index >= 15 is 0 Å². The van der Waals surface area contributed by atoms with Crippen LogP contribution in [0.1, 0.15) is 25.7 Å². The van der Waals surface area contributed by atoms with Gasteiger partial charge in [-0.15, -0.1) is 0 Å². The maximum absolute atomic E-state index is 12.4. The monoisotopic (exact) mass is 285 g/mol. The Bertz CT molecular complexity index is 334. The van der Waals surface area contributed by atoms with Crippen LogP contribution in [-0.2, 0) is 14.3 Å². The third-order valence-electron chi connectivity index (χ3n) is 3.90. The van der Waals surface area contributed by atoms with E-state index < -0.39 is 0 Å². The molecule has 6 nitrogen and oxygen atoms in total. The minimum atomic E-state index is -0.0785. The van der Waals surface area contributed by atoms with Crippen molar-refractivity contribution in [2.24, 2.45) is 11.7 Å². The molecule has 1 fully saturated rings. The van der Waals surface area contributed by atoms with Crippen LogP contribution in [0.4, 0.5) is 0 Å². The van der Waals surface area contributed by atoms with Crippen molar-refractivity contribution in [1.29, 1.82) is 0 Å². The number of nitrogens with zero attached hydrogens (tertiary/aromatic N) is 2. The molecular weight excluding hydrogens is 258 g/mol. The number of carbonyl (C=O) groups is 2. The van der Waals surface area contributed by atoms with Crippen LogP contribution in [0.15, 0.2) is 0 Å². The molecule has 2 amide bonds. The molecular formula is C14H27N3O3. The first kappa shape index (κ1) is 16.9. The number of amides is 2. The molecule has 1 aliphatic rings. The Morgan fingerprint density at radius 1 is 1.25 bits per heavy atom. The first-order chi connectivity index (χ1) is 9.45. The van der Waals surface area contributed by atoms with Crippen molar-refractivity contribution in [3.8, 4) is 0 Å². The summed E-state index contributed by atoms with van der Waals surface area (Å²) in [5, 5.41) is 0. The molecule has 2 atom stereocenters. The van der Waals surface area contributed by atoms with E-state index in [4.69, 9.17) is 10.5 Å². The van der Waals surface area contributed by atoms with Crippen molar-refractivity contribution in [1.82, 2.24) is 9.80 Å². The fourth-order valence-corrected chi connectivity index (χ4v) is 2.47. The fraction of sp³-hybridized carbons (Fsp3) is 0.857. The summed E-state index contributed by atoms with van der Waals surface area (Å²) >= 11 is 0. The molecule has 1 rings (SSSR count). The molecule has 0 aromatic carbocycles. The van der Waals surface area contributed by atoms with Crippen LogP contribution in [0.5, 0.6) is 0 Å². The van der Waals surface area contributed by atoms with Crippen LogP contribution in [-0.4, -0.2) is 68.6 Å². The molecule has 116 valence electrons. The summed E-state index contributed by atoms with van der Waals surface area (Å²) in [5.74, 6) is 0.173. The summed E-state index contributed by atoms with van der Waals surface area (Å²) in [6.07, 6.45) is 3.53. The van der Waals surface area contributed by atoms with E-state index in [1.807, 2.05) is 0 Å². The summed E-state index contributed by atoms with van der Waals surface area (Å²) in [6, 6.07) is 0.118. The highest BCUT2D eigenvalue weighted by atomic mass is 16.5. The molecule has 0 aliphatic heterocycles. The van der Waals surface area contributed by atoms with Crippen molar-refractivity contribution in [2.45, 2.75) is 31.7 Å². The molecule has 0 unspecified atom stereocenters. The SMILES string of the molecule is COCCN(CC(=O)N(C)C)C(=O)C[C@@H]1CCC[C@H]1N. The highest BCUT2D eigenvalue weighted by Crippen LogP contribution is 2.27. The molecule has 0 heterocycles. The number of ether oxygens (including phenoxy) is 1. The highest BCUT2D eigenvalue weighted by molar-refractivity contribution is 5.84. The minimum absolute atomic E-state index is 0.000370. The lowest BCUT2D eigenvalue weighted by atomic mass is 9.99. The van der Waals surface area contributed by atoms with Gasteiger partial charge in [-0.1, -0.05) is 6.42 Å². The van der Waals surface area contributed by atoms with E-state index in [0.717, 1.165) is 19.3 Å². The largest absolute Gasteiger partial charge is 0.383 e.